The lowest BCUT2D eigenvalue weighted by Gasteiger charge is -2.10. The van der Waals surface area contributed by atoms with E-state index in [1.165, 1.54) is 23.7 Å². The minimum absolute atomic E-state index is 0.0531. The highest BCUT2D eigenvalue weighted by atomic mass is 16.5. The van der Waals surface area contributed by atoms with Gasteiger partial charge in [-0.05, 0) is 31.5 Å². The van der Waals surface area contributed by atoms with Crippen LogP contribution in [-0.4, -0.2) is 34.0 Å². The first kappa shape index (κ1) is 20.0. The van der Waals surface area contributed by atoms with Gasteiger partial charge in [-0.1, -0.05) is 25.5 Å². The lowest BCUT2D eigenvalue weighted by atomic mass is 10.1. The van der Waals surface area contributed by atoms with E-state index in [0.717, 1.165) is 12.8 Å². The van der Waals surface area contributed by atoms with E-state index in [1.54, 1.807) is 24.3 Å². The second-order valence-electron chi connectivity index (χ2n) is 5.86. The predicted molar refractivity (Wildman–Crippen MR) is 98.8 cm³/mol. The quantitative estimate of drug-likeness (QED) is 0.562. The van der Waals surface area contributed by atoms with Crippen molar-refractivity contribution in [1.82, 2.24) is 9.78 Å². The molecule has 0 unspecified atom stereocenters. The average Bonchev–Trinajstić information content (AvgIpc) is 2.65. The van der Waals surface area contributed by atoms with E-state index < -0.39 is 18.5 Å². The van der Waals surface area contributed by atoms with E-state index in [-0.39, 0.29) is 17.0 Å². The van der Waals surface area contributed by atoms with Crippen LogP contribution in [0.3, 0.4) is 0 Å². The Balaban J connectivity index is 1.98. The summed E-state index contributed by atoms with van der Waals surface area (Å²) in [5.41, 5.74) is 0.348. The summed E-state index contributed by atoms with van der Waals surface area (Å²) in [7, 11) is 0. The first-order valence-electron chi connectivity index (χ1n) is 8.57. The van der Waals surface area contributed by atoms with Gasteiger partial charge in [0.2, 0.25) is 0 Å². The van der Waals surface area contributed by atoms with E-state index in [1.807, 2.05) is 6.92 Å². The van der Waals surface area contributed by atoms with Gasteiger partial charge in [0.05, 0.1) is 5.69 Å². The molecule has 0 aliphatic rings. The summed E-state index contributed by atoms with van der Waals surface area (Å²) >= 11 is 0. The van der Waals surface area contributed by atoms with E-state index >= 15 is 0 Å². The molecule has 27 heavy (non-hydrogen) atoms. The number of unbranched alkanes of at least 4 members (excludes halogenated alkanes) is 1. The van der Waals surface area contributed by atoms with Crippen molar-refractivity contribution < 1.29 is 19.1 Å². The molecule has 0 bridgehead atoms. The molecule has 142 valence electrons. The number of hydrogen-bond acceptors (Lipinski definition) is 6. The third kappa shape index (κ3) is 5.60. The lowest BCUT2D eigenvalue weighted by Crippen LogP contribution is -2.26. The highest BCUT2D eigenvalue weighted by Gasteiger charge is 2.15. The number of anilines is 1. The number of rotatable bonds is 8. The fraction of sp³-hybridized carbons (Fsp3) is 0.316. The number of aryl methyl sites for hydroxylation is 1. The number of nitrogens with one attached hydrogen (secondary N) is 1. The SMILES string of the molecule is CCCCn1nc(C(=O)OCC(=O)Nc2ccccc2C(C)=O)ccc1=O. The molecule has 2 aromatic rings. The first-order valence-corrected chi connectivity index (χ1v) is 8.57. The number of Topliss-reactive ketones (excluding diaryl/α,β-unsaturated/α-hetero) is 1. The molecule has 0 fully saturated rings. The summed E-state index contributed by atoms with van der Waals surface area (Å²) in [6.45, 7) is 3.23. The second kappa shape index (κ2) is 9.42. The fourth-order valence-corrected chi connectivity index (χ4v) is 2.32. The van der Waals surface area contributed by atoms with Crippen molar-refractivity contribution in [2.24, 2.45) is 0 Å². The van der Waals surface area contributed by atoms with Crippen molar-refractivity contribution in [3.8, 4) is 0 Å². The van der Waals surface area contributed by atoms with Gasteiger partial charge < -0.3 is 10.1 Å². The van der Waals surface area contributed by atoms with Crippen LogP contribution in [0.25, 0.3) is 0 Å². The lowest BCUT2D eigenvalue weighted by molar-refractivity contribution is -0.119. The number of hydrogen-bond donors (Lipinski definition) is 1. The topological polar surface area (TPSA) is 107 Å². The Labute approximate surface area is 156 Å². The van der Waals surface area contributed by atoms with Gasteiger partial charge in [-0.25, -0.2) is 9.48 Å². The largest absolute Gasteiger partial charge is 0.451 e. The molecule has 0 spiro atoms. The molecule has 1 aromatic heterocycles. The second-order valence-corrected chi connectivity index (χ2v) is 5.86. The average molecular weight is 371 g/mol. The molecular weight excluding hydrogens is 350 g/mol. The highest BCUT2D eigenvalue weighted by molar-refractivity contribution is 6.04. The Hall–Kier alpha value is -3.29. The summed E-state index contributed by atoms with van der Waals surface area (Å²) in [6.07, 6.45) is 1.63. The van der Waals surface area contributed by atoms with E-state index in [2.05, 4.69) is 10.4 Å². The Morgan fingerprint density at radius 1 is 1.15 bits per heavy atom. The fourth-order valence-electron chi connectivity index (χ4n) is 2.32. The zero-order valence-electron chi connectivity index (χ0n) is 15.2. The molecule has 1 heterocycles. The van der Waals surface area contributed by atoms with Crippen molar-refractivity contribution in [2.75, 3.05) is 11.9 Å². The van der Waals surface area contributed by atoms with Crippen LogP contribution < -0.4 is 10.9 Å². The number of esters is 1. The molecule has 2 rings (SSSR count). The Morgan fingerprint density at radius 3 is 2.59 bits per heavy atom. The van der Waals surface area contributed by atoms with Crippen LogP contribution >= 0.6 is 0 Å². The normalized spacial score (nSPS) is 10.3. The van der Waals surface area contributed by atoms with Crippen molar-refractivity contribution in [3.63, 3.8) is 0 Å². The monoisotopic (exact) mass is 371 g/mol. The van der Waals surface area contributed by atoms with Crippen molar-refractivity contribution >= 4 is 23.3 Å². The van der Waals surface area contributed by atoms with E-state index in [0.29, 0.717) is 17.8 Å². The third-order valence-corrected chi connectivity index (χ3v) is 3.71. The van der Waals surface area contributed by atoms with Crippen LogP contribution in [0, 0.1) is 0 Å². The van der Waals surface area contributed by atoms with Crippen molar-refractivity contribution in [1.29, 1.82) is 0 Å². The molecule has 8 heteroatoms. The zero-order valence-corrected chi connectivity index (χ0v) is 15.2. The number of aromatic nitrogens is 2. The summed E-state index contributed by atoms with van der Waals surface area (Å²) in [6, 6.07) is 9.04. The van der Waals surface area contributed by atoms with Gasteiger partial charge in [0.15, 0.2) is 18.1 Å². The molecule has 0 aliphatic heterocycles. The molecule has 0 saturated heterocycles. The van der Waals surface area contributed by atoms with Crippen molar-refractivity contribution in [3.05, 3.63) is 58.0 Å². The van der Waals surface area contributed by atoms with Gasteiger partial charge >= 0.3 is 5.97 Å². The number of para-hydroxylation sites is 1. The zero-order chi connectivity index (χ0) is 19.8. The van der Waals surface area contributed by atoms with E-state index in [9.17, 15) is 19.2 Å². The van der Waals surface area contributed by atoms with Gasteiger partial charge in [-0.2, -0.15) is 5.10 Å². The van der Waals surface area contributed by atoms with Crippen LogP contribution in [0.1, 0.15) is 47.5 Å². The number of benzene rings is 1. The van der Waals surface area contributed by atoms with Gasteiger partial charge in [-0.3, -0.25) is 14.4 Å². The number of nitrogens with zero attached hydrogens (tertiary/aromatic N) is 2. The van der Waals surface area contributed by atoms with Crippen LogP contribution in [0.4, 0.5) is 5.69 Å². The van der Waals surface area contributed by atoms with Crippen LogP contribution in [-0.2, 0) is 16.1 Å². The standard InChI is InChI=1S/C19H21N3O5/c1-3-4-11-22-18(25)10-9-16(21-22)19(26)27-12-17(24)20-15-8-6-5-7-14(15)13(2)23/h5-10H,3-4,11-12H2,1-2H3,(H,20,24). The summed E-state index contributed by atoms with van der Waals surface area (Å²) in [4.78, 5) is 47.4. The maximum atomic E-state index is 12.1. The van der Waals surface area contributed by atoms with E-state index in [4.69, 9.17) is 4.74 Å². The van der Waals surface area contributed by atoms with Gasteiger partial charge in [0, 0.05) is 18.2 Å². The number of ketones is 1. The van der Waals surface area contributed by atoms with Crippen LogP contribution in [0.5, 0.6) is 0 Å². The van der Waals surface area contributed by atoms with Gasteiger partial charge in [0.25, 0.3) is 11.5 Å². The minimum atomic E-state index is -0.810. The molecule has 0 atom stereocenters. The third-order valence-electron chi connectivity index (χ3n) is 3.71. The molecule has 1 amide bonds. The smallest absolute Gasteiger partial charge is 0.359 e. The van der Waals surface area contributed by atoms with Gasteiger partial charge in [0.1, 0.15) is 0 Å². The Morgan fingerprint density at radius 2 is 1.89 bits per heavy atom. The van der Waals surface area contributed by atoms with Crippen molar-refractivity contribution in [2.45, 2.75) is 33.2 Å². The Bertz CT molecular complexity index is 904. The molecule has 8 nitrogen and oxygen atoms in total. The van der Waals surface area contributed by atoms with Crippen LogP contribution in [0.15, 0.2) is 41.2 Å². The maximum absolute atomic E-state index is 12.1. The number of carbonyl (C=O) groups is 3. The maximum Gasteiger partial charge on any atom is 0.359 e. The summed E-state index contributed by atoms with van der Waals surface area (Å²) in [5, 5.41) is 6.50. The molecule has 0 saturated carbocycles. The number of ether oxygens (including phenoxy) is 1. The molecule has 1 aromatic carbocycles. The molecular formula is C19H21N3O5. The Kier molecular flexibility index (Phi) is 6.99. The minimum Gasteiger partial charge on any atom is -0.451 e. The van der Waals surface area contributed by atoms with Crippen LogP contribution in [0.2, 0.25) is 0 Å². The number of carbonyl (C=O) groups excluding carboxylic acids is 3. The number of amides is 1. The predicted octanol–water partition coefficient (Wildman–Crippen LogP) is 2.04. The van der Waals surface area contributed by atoms with Gasteiger partial charge in [-0.15, -0.1) is 0 Å². The molecule has 1 N–H and O–H groups in total. The summed E-state index contributed by atoms with van der Waals surface area (Å²) in [5.74, 6) is -1.59. The molecule has 0 aliphatic carbocycles. The first-order chi connectivity index (χ1) is 12.9. The highest BCUT2D eigenvalue weighted by Crippen LogP contribution is 2.15. The summed E-state index contributed by atoms with van der Waals surface area (Å²) < 4.78 is 6.15. The molecule has 0 radical (unpaired) electrons.